The molecule has 4 heteroatoms. The fraction of sp³-hybridized carbons (Fsp3) is 1.00. The average Bonchev–Trinajstić information content (AvgIpc) is 1.60. The predicted molar refractivity (Wildman–Crippen MR) is 51.2 cm³/mol. The van der Waals surface area contributed by atoms with E-state index in [2.05, 4.69) is 13.8 Å². The molecule has 0 heterocycles. The molecule has 0 aliphatic rings. The molecule has 1 nitrogen and oxygen atoms in total. The quantitative estimate of drug-likeness (QED) is 0.700. The molecule has 0 aromatic heterocycles. The molecule has 0 saturated carbocycles. The summed E-state index contributed by atoms with van der Waals surface area (Å²) >= 11 is 11.2. The number of halogens is 2. The van der Waals surface area contributed by atoms with Crippen molar-refractivity contribution in [3.63, 3.8) is 0 Å². The molecule has 0 aliphatic heterocycles. The van der Waals surface area contributed by atoms with Crippen molar-refractivity contribution in [2.75, 3.05) is 0 Å². The molecule has 0 fully saturated rings. The van der Waals surface area contributed by atoms with E-state index in [9.17, 15) is 4.89 Å². The van der Waals surface area contributed by atoms with Gasteiger partial charge in [0, 0.05) is 0 Å². The van der Waals surface area contributed by atoms with Gasteiger partial charge in [0.05, 0.1) is 0 Å². The normalized spacial score (nSPS) is 17.5. The van der Waals surface area contributed by atoms with Crippen molar-refractivity contribution in [3.05, 3.63) is 0 Å². The molecule has 0 bridgehead atoms. The maximum absolute atomic E-state index is 9.20. The van der Waals surface area contributed by atoms with Gasteiger partial charge in [0.15, 0.2) is 0 Å². The topological polar surface area (TPSA) is 20.2 Å². The van der Waals surface area contributed by atoms with Gasteiger partial charge < -0.3 is 0 Å². The van der Waals surface area contributed by atoms with Crippen LogP contribution in [0.25, 0.3) is 0 Å². The Labute approximate surface area is 72.7 Å². The Morgan fingerprint density at radius 1 is 1.30 bits per heavy atom. The van der Waals surface area contributed by atoms with Gasteiger partial charge in [0.1, 0.15) is 0 Å². The van der Waals surface area contributed by atoms with Crippen LogP contribution in [0.2, 0.25) is 0 Å². The Morgan fingerprint density at radius 3 is 1.80 bits per heavy atom. The van der Waals surface area contributed by atoms with Gasteiger partial charge in [-0.15, -0.1) is 0 Å². The fourth-order valence-corrected chi connectivity index (χ4v) is 2.14. The molecular weight excluding hydrogens is 190 g/mol. The standard InChI is InChI=1S/C6H15Cl2OP/c1-5(2)4-6(3)10(7,8)9/h5-6,9-10H,4H2,1-3H3. The monoisotopic (exact) mass is 204 g/mol. The summed E-state index contributed by atoms with van der Waals surface area (Å²) in [6, 6.07) is 0. The number of rotatable bonds is 3. The zero-order valence-electron chi connectivity index (χ0n) is 6.56. The van der Waals surface area contributed by atoms with Gasteiger partial charge in [0.2, 0.25) is 0 Å². The molecule has 0 amide bonds. The molecule has 1 N–H and O–H groups in total. The Morgan fingerprint density at radius 2 is 1.70 bits per heavy atom. The summed E-state index contributed by atoms with van der Waals surface area (Å²) in [5.41, 5.74) is 0.0656. The van der Waals surface area contributed by atoms with Crippen LogP contribution in [-0.4, -0.2) is 10.6 Å². The van der Waals surface area contributed by atoms with Crippen LogP contribution in [0.4, 0.5) is 0 Å². The molecule has 0 aliphatic carbocycles. The van der Waals surface area contributed by atoms with E-state index in [-0.39, 0.29) is 5.66 Å². The minimum atomic E-state index is -2.88. The van der Waals surface area contributed by atoms with E-state index in [1.54, 1.807) is 0 Å². The average molecular weight is 205 g/mol. The Kier molecular flexibility index (Phi) is 4.51. The number of hydrogen-bond donors (Lipinski definition) is 1. The molecule has 10 heavy (non-hydrogen) atoms. The third-order valence-corrected chi connectivity index (χ3v) is 5.07. The van der Waals surface area contributed by atoms with Crippen LogP contribution in [0.5, 0.6) is 0 Å². The molecule has 1 unspecified atom stereocenters. The number of hydrogen-bond acceptors (Lipinski definition) is 1. The van der Waals surface area contributed by atoms with Gasteiger partial charge in [-0.2, -0.15) is 0 Å². The van der Waals surface area contributed by atoms with Crippen molar-refractivity contribution in [1.82, 2.24) is 0 Å². The fourth-order valence-electron chi connectivity index (χ4n) is 0.849. The molecule has 1 atom stereocenters. The van der Waals surface area contributed by atoms with Crippen molar-refractivity contribution in [2.24, 2.45) is 5.92 Å². The summed E-state index contributed by atoms with van der Waals surface area (Å²) in [6.45, 7) is 6.07. The van der Waals surface area contributed by atoms with Gasteiger partial charge in [-0.05, 0) is 0 Å². The van der Waals surface area contributed by atoms with Crippen LogP contribution in [0.15, 0.2) is 0 Å². The Bertz CT molecular complexity index is 100. The van der Waals surface area contributed by atoms with Crippen LogP contribution in [-0.2, 0) is 0 Å². The molecule has 0 rings (SSSR count). The van der Waals surface area contributed by atoms with Gasteiger partial charge in [-0.1, -0.05) is 0 Å². The van der Waals surface area contributed by atoms with Gasteiger partial charge >= 0.3 is 72.3 Å². The van der Waals surface area contributed by atoms with Crippen molar-refractivity contribution in [1.29, 1.82) is 0 Å². The predicted octanol–water partition coefficient (Wildman–Crippen LogP) is 3.39. The minimum absolute atomic E-state index is 0.0656. The molecule has 64 valence electrons. The van der Waals surface area contributed by atoms with Crippen LogP contribution in [0.1, 0.15) is 27.2 Å². The zero-order chi connectivity index (χ0) is 8.36. The van der Waals surface area contributed by atoms with Gasteiger partial charge in [0.25, 0.3) is 0 Å². The first-order valence-electron chi connectivity index (χ1n) is 3.44. The maximum atomic E-state index is 9.20. The van der Waals surface area contributed by atoms with E-state index in [4.69, 9.17) is 22.5 Å². The second-order valence-corrected chi connectivity index (χ2v) is 9.32. The van der Waals surface area contributed by atoms with Gasteiger partial charge in [-0.3, -0.25) is 0 Å². The summed E-state index contributed by atoms with van der Waals surface area (Å²) in [5, 5.41) is 0. The second kappa shape index (κ2) is 4.11. The van der Waals surface area contributed by atoms with E-state index in [0.29, 0.717) is 5.92 Å². The van der Waals surface area contributed by atoms with E-state index < -0.39 is 6.19 Å². The third-order valence-electron chi connectivity index (χ3n) is 1.42. The van der Waals surface area contributed by atoms with Crippen LogP contribution in [0, 0.1) is 5.92 Å². The van der Waals surface area contributed by atoms with Crippen molar-refractivity contribution < 1.29 is 4.89 Å². The van der Waals surface area contributed by atoms with Crippen LogP contribution in [0.3, 0.4) is 0 Å². The van der Waals surface area contributed by atoms with Crippen LogP contribution >= 0.6 is 28.7 Å². The molecule has 0 radical (unpaired) electrons. The molecule has 0 aromatic carbocycles. The molecule has 0 spiro atoms. The zero-order valence-corrected chi connectivity index (χ0v) is 9.08. The third kappa shape index (κ3) is 4.73. The van der Waals surface area contributed by atoms with Crippen molar-refractivity contribution >= 4 is 28.7 Å². The van der Waals surface area contributed by atoms with Crippen LogP contribution < -0.4 is 0 Å². The van der Waals surface area contributed by atoms with Crippen molar-refractivity contribution in [3.8, 4) is 0 Å². The first-order valence-corrected chi connectivity index (χ1v) is 7.49. The first-order chi connectivity index (χ1) is 4.34. The summed E-state index contributed by atoms with van der Waals surface area (Å²) in [4.78, 5) is 9.20. The van der Waals surface area contributed by atoms with E-state index in [0.717, 1.165) is 6.42 Å². The van der Waals surface area contributed by atoms with Gasteiger partial charge in [-0.25, -0.2) is 0 Å². The summed E-state index contributed by atoms with van der Waals surface area (Å²) < 4.78 is 0. The molecule has 0 saturated heterocycles. The molecular formula is C6H15Cl2OP. The molecule has 0 aromatic rings. The Balaban J connectivity index is 3.73. The summed E-state index contributed by atoms with van der Waals surface area (Å²) in [6.07, 6.45) is -1.98. The van der Waals surface area contributed by atoms with E-state index in [1.165, 1.54) is 0 Å². The summed E-state index contributed by atoms with van der Waals surface area (Å²) in [5.74, 6) is 0.548. The van der Waals surface area contributed by atoms with E-state index >= 15 is 0 Å². The second-order valence-electron chi connectivity index (χ2n) is 3.12. The van der Waals surface area contributed by atoms with Crippen molar-refractivity contribution in [2.45, 2.75) is 32.9 Å². The van der Waals surface area contributed by atoms with E-state index in [1.807, 2.05) is 6.92 Å². The Hall–Kier alpha value is 0.970. The SMILES string of the molecule is CC(C)CC(C)[PH](O)(Cl)Cl. The summed E-state index contributed by atoms with van der Waals surface area (Å²) in [7, 11) is 0. The first kappa shape index (κ1) is 11.0.